The molecule has 2 heterocycles. The summed E-state index contributed by atoms with van der Waals surface area (Å²) in [5, 5.41) is 7.52. The van der Waals surface area contributed by atoms with Crippen LogP contribution in [-0.2, 0) is 17.8 Å². The molecule has 0 radical (unpaired) electrons. The van der Waals surface area contributed by atoms with E-state index >= 15 is 0 Å². The van der Waals surface area contributed by atoms with Crippen LogP contribution in [-0.4, -0.2) is 23.9 Å². The van der Waals surface area contributed by atoms with Crippen molar-refractivity contribution in [3.05, 3.63) is 57.8 Å². The number of carbonyl (C=O) groups is 1. The van der Waals surface area contributed by atoms with E-state index in [0.717, 1.165) is 32.4 Å². The third kappa shape index (κ3) is 3.33. The molecular weight excluding hydrogens is 304 g/mol. The van der Waals surface area contributed by atoms with Crippen LogP contribution in [0.25, 0.3) is 0 Å². The number of thiophene rings is 1. The van der Waals surface area contributed by atoms with Crippen LogP contribution in [0.15, 0.2) is 41.1 Å². The van der Waals surface area contributed by atoms with Gasteiger partial charge in [-0.05, 0) is 52.8 Å². The summed E-state index contributed by atoms with van der Waals surface area (Å²) in [6, 6.07) is 11.2. The van der Waals surface area contributed by atoms with Gasteiger partial charge in [0.2, 0.25) is 5.91 Å². The van der Waals surface area contributed by atoms with Crippen LogP contribution in [0.4, 0.5) is 0 Å². The highest BCUT2D eigenvalue weighted by molar-refractivity contribution is 7.07. The van der Waals surface area contributed by atoms with E-state index in [1.807, 2.05) is 0 Å². The highest BCUT2D eigenvalue weighted by atomic mass is 32.1. The predicted octanol–water partition coefficient (Wildman–Crippen LogP) is 3.37. The minimum atomic E-state index is 0.239. The summed E-state index contributed by atoms with van der Waals surface area (Å²) in [7, 11) is 0. The predicted molar refractivity (Wildman–Crippen MR) is 93.3 cm³/mol. The number of nitrogens with zero attached hydrogens (tertiary/aromatic N) is 1. The second-order valence-corrected chi connectivity index (χ2v) is 7.36. The number of amides is 1. The molecule has 2 aromatic rings. The van der Waals surface area contributed by atoms with Gasteiger partial charge in [-0.2, -0.15) is 11.3 Å². The molecule has 1 atom stereocenters. The number of hydrogen-bond acceptors (Lipinski definition) is 3. The fraction of sp³-hybridized carbons (Fsp3) is 0.421. The van der Waals surface area contributed by atoms with E-state index < -0.39 is 0 Å². The number of carbonyl (C=O) groups excluding carboxylic acids is 1. The van der Waals surface area contributed by atoms with E-state index in [4.69, 9.17) is 0 Å². The van der Waals surface area contributed by atoms with Gasteiger partial charge >= 0.3 is 0 Å². The van der Waals surface area contributed by atoms with E-state index in [-0.39, 0.29) is 17.9 Å². The summed E-state index contributed by atoms with van der Waals surface area (Å²) in [6.45, 7) is 2.74. The van der Waals surface area contributed by atoms with Crippen LogP contribution in [0.1, 0.15) is 35.6 Å². The van der Waals surface area contributed by atoms with Gasteiger partial charge in [0.05, 0.1) is 6.04 Å². The Morgan fingerprint density at radius 2 is 2.09 bits per heavy atom. The van der Waals surface area contributed by atoms with Gasteiger partial charge in [-0.15, -0.1) is 0 Å². The number of rotatable bonds is 5. The fourth-order valence-corrected chi connectivity index (χ4v) is 4.10. The molecule has 0 bridgehead atoms. The van der Waals surface area contributed by atoms with Crippen molar-refractivity contribution < 1.29 is 4.79 Å². The Hall–Kier alpha value is -1.65. The topological polar surface area (TPSA) is 32.3 Å². The Balaban J connectivity index is 1.50. The molecule has 1 N–H and O–H groups in total. The molecule has 1 unspecified atom stereocenters. The largest absolute Gasteiger partial charge is 0.354 e. The summed E-state index contributed by atoms with van der Waals surface area (Å²) in [5.74, 6) is 0.517. The minimum Gasteiger partial charge on any atom is -0.354 e. The quantitative estimate of drug-likeness (QED) is 0.913. The van der Waals surface area contributed by atoms with Crippen molar-refractivity contribution in [1.29, 1.82) is 0 Å². The van der Waals surface area contributed by atoms with Gasteiger partial charge in [-0.25, -0.2) is 0 Å². The van der Waals surface area contributed by atoms with Crippen molar-refractivity contribution in [2.75, 3.05) is 13.1 Å². The molecule has 1 fully saturated rings. The first kappa shape index (κ1) is 14.9. The van der Waals surface area contributed by atoms with Crippen molar-refractivity contribution in [3.8, 4) is 0 Å². The molecule has 1 aromatic heterocycles. The fourth-order valence-electron chi connectivity index (χ4n) is 3.39. The lowest BCUT2D eigenvalue weighted by Crippen LogP contribution is -2.40. The van der Waals surface area contributed by atoms with E-state index in [9.17, 15) is 4.79 Å². The summed E-state index contributed by atoms with van der Waals surface area (Å²) in [4.78, 5) is 14.5. The summed E-state index contributed by atoms with van der Waals surface area (Å²) >= 11 is 1.73. The van der Waals surface area contributed by atoms with Gasteiger partial charge in [0.1, 0.15) is 0 Å². The Morgan fingerprint density at radius 3 is 2.83 bits per heavy atom. The molecule has 3 nitrogen and oxygen atoms in total. The molecule has 4 rings (SSSR count). The maximum absolute atomic E-state index is 12.0. The Labute approximate surface area is 141 Å². The van der Waals surface area contributed by atoms with Crippen LogP contribution in [0.5, 0.6) is 0 Å². The van der Waals surface area contributed by atoms with Crippen molar-refractivity contribution >= 4 is 17.2 Å². The van der Waals surface area contributed by atoms with Crippen LogP contribution >= 0.6 is 11.3 Å². The summed E-state index contributed by atoms with van der Waals surface area (Å²) in [6.07, 6.45) is 3.21. The van der Waals surface area contributed by atoms with E-state index in [1.54, 1.807) is 11.3 Å². The monoisotopic (exact) mass is 326 g/mol. The molecule has 0 saturated heterocycles. The van der Waals surface area contributed by atoms with Crippen LogP contribution in [0.2, 0.25) is 0 Å². The van der Waals surface area contributed by atoms with Crippen LogP contribution < -0.4 is 5.32 Å². The van der Waals surface area contributed by atoms with Crippen LogP contribution in [0.3, 0.4) is 0 Å². The molecule has 23 heavy (non-hydrogen) atoms. The second-order valence-electron chi connectivity index (χ2n) is 6.58. The highest BCUT2D eigenvalue weighted by Crippen LogP contribution is 2.31. The first-order valence-electron chi connectivity index (χ1n) is 8.42. The lowest BCUT2D eigenvalue weighted by molar-refractivity contribution is -0.122. The van der Waals surface area contributed by atoms with Crippen molar-refractivity contribution in [2.24, 2.45) is 5.92 Å². The number of nitrogens with one attached hydrogen (secondary N) is 1. The highest BCUT2D eigenvalue weighted by Gasteiger charge is 2.31. The standard InChI is InChI=1S/C19H22N2OS/c22-19(15-5-6-15)20-11-18(17-8-10-23-13-17)21-9-7-14-3-1-2-4-16(14)12-21/h1-4,8,10,13,15,18H,5-7,9,11-12H2,(H,20,22). The minimum absolute atomic E-state index is 0.239. The zero-order chi connectivity index (χ0) is 15.6. The number of hydrogen-bond donors (Lipinski definition) is 1. The SMILES string of the molecule is O=C(NCC(c1ccsc1)N1CCc2ccccc2C1)C1CC1. The molecule has 1 saturated carbocycles. The molecule has 1 aromatic carbocycles. The lowest BCUT2D eigenvalue weighted by atomic mass is 9.97. The molecule has 1 aliphatic heterocycles. The number of fused-ring (bicyclic) bond motifs is 1. The van der Waals surface area contributed by atoms with E-state index in [2.05, 4.69) is 51.3 Å². The van der Waals surface area contributed by atoms with Gasteiger partial charge in [0.25, 0.3) is 0 Å². The molecule has 1 amide bonds. The van der Waals surface area contributed by atoms with Crippen molar-refractivity contribution in [2.45, 2.75) is 31.8 Å². The maximum atomic E-state index is 12.0. The van der Waals surface area contributed by atoms with Crippen LogP contribution in [0, 0.1) is 5.92 Å². The van der Waals surface area contributed by atoms with Gasteiger partial charge in [-0.1, -0.05) is 24.3 Å². The normalized spacial score (nSPS) is 19.1. The zero-order valence-corrected chi connectivity index (χ0v) is 14.0. The lowest BCUT2D eigenvalue weighted by Gasteiger charge is -2.35. The Morgan fingerprint density at radius 1 is 1.26 bits per heavy atom. The van der Waals surface area contributed by atoms with E-state index in [0.29, 0.717) is 6.54 Å². The first-order valence-corrected chi connectivity index (χ1v) is 9.36. The number of benzene rings is 1. The maximum Gasteiger partial charge on any atom is 0.223 e. The first-order chi connectivity index (χ1) is 11.3. The molecule has 1 aliphatic carbocycles. The van der Waals surface area contributed by atoms with Gasteiger partial charge in [-0.3, -0.25) is 9.69 Å². The average Bonchev–Trinajstić information content (AvgIpc) is 3.31. The molecule has 4 heteroatoms. The molecular formula is C19H22N2OS. The van der Waals surface area contributed by atoms with E-state index in [1.165, 1.54) is 16.7 Å². The Bertz CT molecular complexity index is 678. The smallest absolute Gasteiger partial charge is 0.223 e. The third-order valence-electron chi connectivity index (χ3n) is 4.95. The second kappa shape index (κ2) is 6.46. The van der Waals surface area contributed by atoms with Gasteiger partial charge in [0, 0.05) is 25.6 Å². The van der Waals surface area contributed by atoms with Crippen molar-refractivity contribution in [1.82, 2.24) is 10.2 Å². The van der Waals surface area contributed by atoms with Gasteiger partial charge < -0.3 is 5.32 Å². The zero-order valence-electron chi connectivity index (χ0n) is 13.2. The molecule has 120 valence electrons. The summed E-state index contributed by atoms with van der Waals surface area (Å²) in [5.41, 5.74) is 4.22. The summed E-state index contributed by atoms with van der Waals surface area (Å²) < 4.78 is 0. The molecule has 2 aliphatic rings. The Kier molecular flexibility index (Phi) is 4.19. The molecule has 0 spiro atoms. The van der Waals surface area contributed by atoms with Crippen molar-refractivity contribution in [3.63, 3.8) is 0 Å². The van der Waals surface area contributed by atoms with Gasteiger partial charge in [0.15, 0.2) is 0 Å². The third-order valence-corrected chi connectivity index (χ3v) is 5.65. The average molecular weight is 326 g/mol.